The van der Waals surface area contributed by atoms with Crippen LogP contribution in [0.3, 0.4) is 0 Å². The summed E-state index contributed by atoms with van der Waals surface area (Å²) in [5.74, 6) is 1.07. The van der Waals surface area contributed by atoms with Crippen LogP contribution in [0.1, 0.15) is 36.8 Å². The van der Waals surface area contributed by atoms with Gasteiger partial charge in [0.15, 0.2) is 5.78 Å². The molecule has 2 unspecified atom stereocenters. The Hall–Kier alpha value is -1.37. The van der Waals surface area contributed by atoms with Gasteiger partial charge in [0.25, 0.3) is 0 Å². The molecular formula is C16H16O. The number of benzene rings is 1. The van der Waals surface area contributed by atoms with Crippen LogP contribution in [0.4, 0.5) is 0 Å². The Bertz CT molecular complexity index is 540. The van der Waals surface area contributed by atoms with Gasteiger partial charge in [0.1, 0.15) is 0 Å². The molecule has 1 heteroatoms. The first-order chi connectivity index (χ1) is 8.29. The second-order valence-electron chi connectivity index (χ2n) is 5.81. The van der Waals surface area contributed by atoms with E-state index in [0.717, 1.165) is 12.3 Å². The van der Waals surface area contributed by atoms with Crippen LogP contribution in [-0.4, -0.2) is 5.78 Å². The van der Waals surface area contributed by atoms with Gasteiger partial charge >= 0.3 is 0 Å². The lowest BCUT2D eigenvalue weighted by molar-refractivity contribution is -0.115. The highest BCUT2D eigenvalue weighted by Crippen LogP contribution is 2.61. The van der Waals surface area contributed by atoms with E-state index in [1.165, 1.54) is 42.4 Å². The number of rotatable bonds is 0. The van der Waals surface area contributed by atoms with Crippen molar-refractivity contribution in [3.63, 3.8) is 0 Å². The van der Waals surface area contributed by atoms with Gasteiger partial charge in [-0.3, -0.25) is 4.79 Å². The zero-order valence-electron chi connectivity index (χ0n) is 9.91. The van der Waals surface area contributed by atoms with E-state index in [0.29, 0.717) is 5.78 Å². The number of hydrogen-bond acceptors (Lipinski definition) is 1. The summed E-state index contributed by atoms with van der Waals surface area (Å²) in [5.41, 5.74) is 4.41. The van der Waals surface area contributed by atoms with Crippen molar-refractivity contribution in [2.75, 3.05) is 0 Å². The van der Waals surface area contributed by atoms with Crippen molar-refractivity contribution >= 4 is 11.4 Å². The molecule has 0 amide bonds. The number of hydrogen-bond donors (Lipinski definition) is 0. The Labute approximate surface area is 102 Å². The standard InChI is InChI=1S/C16H16O/c17-13-9-15-14-6-2-1-4-11(14)8-12-5-3-7-16(12,15)10-13/h1-2,4,6,9,12H,3,5,7-8,10H2. The molecule has 0 N–H and O–H groups in total. The molecule has 1 saturated carbocycles. The monoisotopic (exact) mass is 224 g/mol. The summed E-state index contributed by atoms with van der Waals surface area (Å²) >= 11 is 0. The van der Waals surface area contributed by atoms with Gasteiger partial charge in [0, 0.05) is 11.8 Å². The van der Waals surface area contributed by atoms with Crippen LogP contribution in [0.15, 0.2) is 30.3 Å². The number of carbonyl (C=O) groups excluding carboxylic acids is 1. The van der Waals surface area contributed by atoms with E-state index in [9.17, 15) is 4.79 Å². The predicted octanol–water partition coefficient (Wildman–Crippen LogP) is 3.39. The number of ketones is 1. The summed E-state index contributed by atoms with van der Waals surface area (Å²) in [5, 5.41) is 0. The molecule has 0 bridgehead atoms. The lowest BCUT2D eigenvalue weighted by Gasteiger charge is -2.39. The van der Waals surface area contributed by atoms with Crippen molar-refractivity contribution in [3.8, 4) is 0 Å². The van der Waals surface area contributed by atoms with Gasteiger partial charge < -0.3 is 0 Å². The molecule has 1 aromatic carbocycles. The van der Waals surface area contributed by atoms with Crippen molar-refractivity contribution in [3.05, 3.63) is 41.5 Å². The fraction of sp³-hybridized carbons (Fsp3) is 0.438. The summed E-state index contributed by atoms with van der Waals surface area (Å²) in [4.78, 5) is 11.9. The summed E-state index contributed by atoms with van der Waals surface area (Å²) in [7, 11) is 0. The summed E-state index contributed by atoms with van der Waals surface area (Å²) in [6.45, 7) is 0. The molecule has 0 heterocycles. The van der Waals surface area contributed by atoms with E-state index < -0.39 is 0 Å². The minimum Gasteiger partial charge on any atom is -0.295 e. The molecule has 17 heavy (non-hydrogen) atoms. The van der Waals surface area contributed by atoms with Crippen LogP contribution in [0.2, 0.25) is 0 Å². The predicted molar refractivity (Wildman–Crippen MR) is 67.5 cm³/mol. The Morgan fingerprint density at radius 3 is 3.06 bits per heavy atom. The molecule has 1 fully saturated rings. The van der Waals surface area contributed by atoms with Crippen molar-refractivity contribution in [1.29, 1.82) is 0 Å². The molecule has 1 spiro atoms. The first-order valence-corrected chi connectivity index (χ1v) is 6.63. The number of allylic oxidation sites excluding steroid dienone is 2. The summed E-state index contributed by atoms with van der Waals surface area (Å²) in [6, 6.07) is 8.67. The van der Waals surface area contributed by atoms with E-state index in [1.54, 1.807) is 0 Å². The molecule has 0 aromatic heterocycles. The maximum absolute atomic E-state index is 11.9. The lowest BCUT2D eigenvalue weighted by Crippen LogP contribution is -2.31. The minimum atomic E-state index is 0.228. The Balaban J connectivity index is 1.97. The molecule has 2 atom stereocenters. The Morgan fingerprint density at radius 1 is 1.24 bits per heavy atom. The smallest absolute Gasteiger partial charge is 0.156 e. The molecule has 0 aliphatic heterocycles. The second kappa shape index (κ2) is 3.10. The van der Waals surface area contributed by atoms with Gasteiger partial charge in [-0.25, -0.2) is 0 Å². The van der Waals surface area contributed by atoms with Crippen molar-refractivity contribution in [1.82, 2.24) is 0 Å². The third-order valence-corrected chi connectivity index (χ3v) is 5.06. The molecule has 1 nitrogen and oxygen atoms in total. The molecule has 86 valence electrons. The molecule has 4 rings (SSSR count). The van der Waals surface area contributed by atoms with Crippen LogP contribution >= 0.6 is 0 Å². The molecule has 0 radical (unpaired) electrons. The van der Waals surface area contributed by atoms with E-state index in [-0.39, 0.29) is 5.41 Å². The van der Waals surface area contributed by atoms with Gasteiger partial charge in [-0.05, 0) is 48.0 Å². The average molecular weight is 224 g/mol. The van der Waals surface area contributed by atoms with Crippen LogP contribution < -0.4 is 0 Å². The van der Waals surface area contributed by atoms with Crippen molar-refractivity contribution in [2.24, 2.45) is 11.3 Å². The molecule has 3 aliphatic carbocycles. The molecule has 3 aliphatic rings. The van der Waals surface area contributed by atoms with Gasteiger partial charge in [-0.2, -0.15) is 0 Å². The van der Waals surface area contributed by atoms with Gasteiger partial charge in [-0.15, -0.1) is 0 Å². The lowest BCUT2D eigenvalue weighted by atomic mass is 9.64. The highest BCUT2D eigenvalue weighted by Gasteiger charge is 2.52. The maximum Gasteiger partial charge on any atom is 0.156 e. The Morgan fingerprint density at radius 2 is 2.12 bits per heavy atom. The van der Waals surface area contributed by atoms with E-state index in [4.69, 9.17) is 0 Å². The highest BCUT2D eigenvalue weighted by atomic mass is 16.1. The topological polar surface area (TPSA) is 17.1 Å². The second-order valence-corrected chi connectivity index (χ2v) is 5.81. The van der Waals surface area contributed by atoms with Crippen molar-refractivity contribution < 1.29 is 4.79 Å². The Kier molecular flexibility index (Phi) is 1.76. The molecular weight excluding hydrogens is 208 g/mol. The normalized spacial score (nSPS) is 34.0. The quantitative estimate of drug-likeness (QED) is 0.660. The largest absolute Gasteiger partial charge is 0.295 e. The minimum absolute atomic E-state index is 0.228. The van der Waals surface area contributed by atoms with Crippen LogP contribution in [0, 0.1) is 11.3 Å². The third-order valence-electron chi connectivity index (χ3n) is 5.06. The zero-order valence-corrected chi connectivity index (χ0v) is 9.91. The highest BCUT2D eigenvalue weighted by molar-refractivity contribution is 6.05. The first kappa shape index (κ1) is 9.64. The fourth-order valence-corrected chi connectivity index (χ4v) is 4.36. The van der Waals surface area contributed by atoms with Crippen LogP contribution in [-0.2, 0) is 11.2 Å². The maximum atomic E-state index is 11.9. The van der Waals surface area contributed by atoms with Crippen LogP contribution in [0.5, 0.6) is 0 Å². The number of fused-ring (bicyclic) bond motifs is 2. The van der Waals surface area contributed by atoms with E-state index >= 15 is 0 Å². The third kappa shape index (κ3) is 1.12. The average Bonchev–Trinajstić information content (AvgIpc) is 2.87. The molecule has 0 saturated heterocycles. The van der Waals surface area contributed by atoms with E-state index in [2.05, 4.69) is 24.3 Å². The number of carbonyl (C=O) groups is 1. The summed E-state index contributed by atoms with van der Waals surface area (Å²) < 4.78 is 0. The summed E-state index contributed by atoms with van der Waals surface area (Å²) in [6.07, 6.45) is 7.73. The first-order valence-electron chi connectivity index (χ1n) is 6.63. The van der Waals surface area contributed by atoms with Gasteiger partial charge in [0.05, 0.1) is 0 Å². The van der Waals surface area contributed by atoms with E-state index in [1.807, 2.05) is 6.08 Å². The molecule has 1 aromatic rings. The van der Waals surface area contributed by atoms with Crippen LogP contribution in [0.25, 0.3) is 5.57 Å². The van der Waals surface area contributed by atoms with Gasteiger partial charge in [0.2, 0.25) is 0 Å². The SMILES string of the molecule is O=C1C=C2c3ccccc3CC3CCCC23C1. The fourth-order valence-electron chi connectivity index (χ4n) is 4.36. The zero-order chi connectivity index (χ0) is 11.5. The van der Waals surface area contributed by atoms with Crippen molar-refractivity contribution in [2.45, 2.75) is 32.1 Å². The van der Waals surface area contributed by atoms with Gasteiger partial charge in [-0.1, -0.05) is 30.7 Å².